The molecule has 1 aromatic heterocycles. The molecule has 27 heavy (non-hydrogen) atoms. The van der Waals surface area contributed by atoms with Crippen LogP contribution in [0.3, 0.4) is 0 Å². The first kappa shape index (κ1) is 18.1. The standard InChI is InChI=1S/C18H18Cl2N4O3/c1-26-12-5-13(15(19)14(6-12)27-2)23-9-11-7-21-17(20)22-16(11)24(18(23)25)8-10-3-4-10/h5-7,10H,3-4,8-9H2,1-2H3. The fourth-order valence-corrected chi connectivity index (χ4v) is 3.55. The minimum atomic E-state index is -0.207. The number of aromatic nitrogens is 2. The van der Waals surface area contributed by atoms with E-state index in [9.17, 15) is 4.79 Å². The Kier molecular flexibility index (Phi) is 4.74. The van der Waals surface area contributed by atoms with Crippen molar-refractivity contribution in [1.29, 1.82) is 0 Å². The number of carbonyl (C=O) groups is 1. The van der Waals surface area contributed by atoms with E-state index in [1.165, 1.54) is 7.11 Å². The molecule has 1 fully saturated rings. The zero-order valence-electron chi connectivity index (χ0n) is 14.9. The second-order valence-electron chi connectivity index (χ2n) is 6.57. The van der Waals surface area contributed by atoms with E-state index in [-0.39, 0.29) is 17.9 Å². The van der Waals surface area contributed by atoms with Crippen LogP contribution >= 0.6 is 23.2 Å². The van der Waals surface area contributed by atoms with Crippen LogP contribution in [0.25, 0.3) is 0 Å². The lowest BCUT2D eigenvalue weighted by atomic mass is 10.1. The van der Waals surface area contributed by atoms with Crippen LogP contribution in [-0.2, 0) is 6.54 Å². The van der Waals surface area contributed by atoms with Crippen molar-refractivity contribution in [2.45, 2.75) is 19.4 Å². The third-order valence-corrected chi connectivity index (χ3v) is 5.30. The molecule has 0 spiro atoms. The van der Waals surface area contributed by atoms with Gasteiger partial charge in [-0.1, -0.05) is 11.6 Å². The number of benzene rings is 1. The fourth-order valence-electron chi connectivity index (χ4n) is 3.13. The molecular weight excluding hydrogens is 391 g/mol. The molecule has 0 N–H and O–H groups in total. The second kappa shape index (κ2) is 7.05. The van der Waals surface area contributed by atoms with E-state index in [1.807, 2.05) is 0 Å². The quantitative estimate of drug-likeness (QED) is 0.694. The van der Waals surface area contributed by atoms with E-state index in [4.69, 9.17) is 32.7 Å². The van der Waals surface area contributed by atoms with Crippen molar-refractivity contribution < 1.29 is 14.3 Å². The predicted molar refractivity (Wildman–Crippen MR) is 103 cm³/mol. The van der Waals surface area contributed by atoms with Crippen LogP contribution in [0.4, 0.5) is 16.3 Å². The lowest BCUT2D eigenvalue weighted by Gasteiger charge is -2.36. The maximum atomic E-state index is 13.3. The SMILES string of the molecule is COc1cc(OC)c(Cl)c(N2Cc3cnc(Cl)nc3N(CC3CC3)C2=O)c1. The Balaban J connectivity index is 1.80. The summed E-state index contributed by atoms with van der Waals surface area (Å²) in [4.78, 5) is 24.9. The number of rotatable bonds is 5. The normalized spacial score (nSPS) is 16.4. The Morgan fingerprint density at radius 2 is 2.00 bits per heavy atom. The van der Waals surface area contributed by atoms with E-state index in [2.05, 4.69) is 9.97 Å². The number of hydrogen-bond acceptors (Lipinski definition) is 5. The van der Waals surface area contributed by atoms with Gasteiger partial charge in [0.25, 0.3) is 0 Å². The Morgan fingerprint density at radius 1 is 1.22 bits per heavy atom. The highest BCUT2D eigenvalue weighted by Gasteiger charge is 2.37. The largest absolute Gasteiger partial charge is 0.497 e. The zero-order chi connectivity index (χ0) is 19.1. The number of anilines is 2. The van der Waals surface area contributed by atoms with E-state index in [1.54, 1.807) is 35.2 Å². The first-order chi connectivity index (χ1) is 13.0. The first-order valence-electron chi connectivity index (χ1n) is 8.53. The zero-order valence-corrected chi connectivity index (χ0v) is 16.4. The van der Waals surface area contributed by atoms with Gasteiger partial charge in [0.1, 0.15) is 22.3 Å². The lowest BCUT2D eigenvalue weighted by molar-refractivity contribution is 0.249. The van der Waals surface area contributed by atoms with Crippen LogP contribution in [0.5, 0.6) is 11.5 Å². The minimum absolute atomic E-state index is 0.122. The molecule has 2 aromatic rings. The molecule has 0 saturated heterocycles. The van der Waals surface area contributed by atoms with Gasteiger partial charge in [-0.3, -0.25) is 9.80 Å². The van der Waals surface area contributed by atoms with E-state index in [0.29, 0.717) is 40.5 Å². The summed E-state index contributed by atoms with van der Waals surface area (Å²) in [6, 6.07) is 3.19. The summed E-state index contributed by atoms with van der Waals surface area (Å²) in [6.45, 7) is 0.872. The number of halogens is 2. The minimum Gasteiger partial charge on any atom is -0.497 e. The van der Waals surface area contributed by atoms with Gasteiger partial charge < -0.3 is 9.47 Å². The van der Waals surface area contributed by atoms with Gasteiger partial charge in [0.15, 0.2) is 0 Å². The van der Waals surface area contributed by atoms with Crippen LogP contribution in [0.2, 0.25) is 10.3 Å². The average Bonchev–Trinajstić information content (AvgIpc) is 3.49. The van der Waals surface area contributed by atoms with Gasteiger partial charge in [-0.05, 0) is 30.4 Å². The molecule has 1 aliphatic heterocycles. The van der Waals surface area contributed by atoms with Gasteiger partial charge in [0.2, 0.25) is 5.28 Å². The summed E-state index contributed by atoms with van der Waals surface area (Å²) in [7, 11) is 3.07. The smallest absolute Gasteiger partial charge is 0.330 e. The molecule has 1 saturated carbocycles. The van der Waals surface area contributed by atoms with Crippen LogP contribution in [-0.4, -0.2) is 36.8 Å². The number of ether oxygens (including phenoxy) is 2. The number of nitrogens with zero attached hydrogens (tertiary/aromatic N) is 4. The number of amides is 2. The average molecular weight is 409 g/mol. The van der Waals surface area contributed by atoms with E-state index < -0.39 is 0 Å². The van der Waals surface area contributed by atoms with Crippen LogP contribution < -0.4 is 19.3 Å². The summed E-state index contributed by atoms with van der Waals surface area (Å²) in [5.74, 6) is 2.02. The molecule has 2 heterocycles. The molecule has 1 aromatic carbocycles. The van der Waals surface area contributed by atoms with Gasteiger partial charge in [0.05, 0.1) is 26.5 Å². The van der Waals surface area contributed by atoms with Gasteiger partial charge in [-0.15, -0.1) is 0 Å². The maximum Gasteiger partial charge on any atom is 0.330 e. The van der Waals surface area contributed by atoms with Crippen LogP contribution in [0.1, 0.15) is 18.4 Å². The predicted octanol–water partition coefficient (Wildman–Crippen LogP) is 4.16. The molecule has 4 rings (SSSR count). The second-order valence-corrected chi connectivity index (χ2v) is 7.29. The molecule has 1 aliphatic carbocycles. The molecule has 9 heteroatoms. The number of carbonyl (C=O) groups excluding carboxylic acids is 1. The monoisotopic (exact) mass is 408 g/mol. The van der Waals surface area contributed by atoms with Crippen LogP contribution in [0, 0.1) is 5.92 Å². The van der Waals surface area contributed by atoms with Crippen molar-refractivity contribution in [3.05, 3.63) is 34.2 Å². The van der Waals surface area contributed by atoms with E-state index in [0.717, 1.165) is 18.4 Å². The summed E-state index contributed by atoms with van der Waals surface area (Å²) < 4.78 is 10.7. The van der Waals surface area contributed by atoms with Gasteiger partial charge in [-0.25, -0.2) is 9.78 Å². The van der Waals surface area contributed by atoms with Crippen LogP contribution in [0.15, 0.2) is 18.3 Å². The Labute approximate surface area is 166 Å². The van der Waals surface area contributed by atoms with Gasteiger partial charge in [-0.2, -0.15) is 4.98 Å². The maximum absolute atomic E-state index is 13.3. The Bertz CT molecular complexity index is 904. The summed E-state index contributed by atoms with van der Waals surface area (Å²) in [5, 5.41) is 0.466. The molecule has 7 nitrogen and oxygen atoms in total. The molecule has 0 radical (unpaired) electrons. The van der Waals surface area contributed by atoms with Crippen molar-refractivity contribution in [2.75, 3.05) is 30.6 Å². The topological polar surface area (TPSA) is 67.8 Å². The molecule has 0 atom stereocenters. The molecule has 0 bridgehead atoms. The van der Waals surface area contributed by atoms with E-state index >= 15 is 0 Å². The fraction of sp³-hybridized carbons (Fsp3) is 0.389. The van der Waals surface area contributed by atoms with Crippen molar-refractivity contribution in [3.63, 3.8) is 0 Å². The van der Waals surface area contributed by atoms with Crippen molar-refractivity contribution >= 4 is 40.7 Å². The Morgan fingerprint density at radius 3 is 2.67 bits per heavy atom. The number of hydrogen-bond donors (Lipinski definition) is 0. The molecule has 2 amide bonds. The highest BCUT2D eigenvalue weighted by atomic mass is 35.5. The molecule has 142 valence electrons. The third-order valence-electron chi connectivity index (χ3n) is 4.74. The lowest BCUT2D eigenvalue weighted by Crippen LogP contribution is -2.49. The highest BCUT2D eigenvalue weighted by molar-refractivity contribution is 6.35. The van der Waals surface area contributed by atoms with Crippen molar-refractivity contribution in [1.82, 2.24) is 9.97 Å². The summed E-state index contributed by atoms with van der Waals surface area (Å²) in [5.41, 5.74) is 1.32. The van der Waals surface area contributed by atoms with Crippen molar-refractivity contribution in [2.24, 2.45) is 5.92 Å². The summed E-state index contributed by atoms with van der Waals surface area (Å²) in [6.07, 6.45) is 3.85. The molecular formula is C18H18Cl2N4O3. The van der Waals surface area contributed by atoms with Crippen molar-refractivity contribution in [3.8, 4) is 11.5 Å². The third kappa shape index (κ3) is 3.37. The Hall–Kier alpha value is -2.25. The molecule has 0 unspecified atom stereocenters. The van der Waals surface area contributed by atoms with Gasteiger partial charge in [0, 0.05) is 30.4 Å². The van der Waals surface area contributed by atoms with Gasteiger partial charge >= 0.3 is 6.03 Å². The number of urea groups is 1. The highest BCUT2D eigenvalue weighted by Crippen LogP contribution is 2.42. The number of fused-ring (bicyclic) bond motifs is 1. The first-order valence-corrected chi connectivity index (χ1v) is 9.29. The summed E-state index contributed by atoms with van der Waals surface area (Å²) >= 11 is 12.5. The molecule has 2 aliphatic rings. The number of methoxy groups -OCH3 is 2.